The second kappa shape index (κ2) is 8.21. The van der Waals surface area contributed by atoms with Crippen LogP contribution >= 0.6 is 22.3 Å². The van der Waals surface area contributed by atoms with Gasteiger partial charge in [-0.25, -0.2) is 0 Å². The number of rotatable bonds is 4. The first kappa shape index (κ1) is 18.2. The molecular formula is C21H21GeNS2. The summed E-state index contributed by atoms with van der Waals surface area (Å²) >= 11 is 2.77. The molecule has 0 aliphatic heterocycles. The average molecular weight is 424 g/mol. The van der Waals surface area contributed by atoms with Crippen LogP contribution in [0.3, 0.4) is 0 Å². The van der Waals surface area contributed by atoms with Crippen LogP contribution in [0.5, 0.6) is 0 Å². The number of hydrogen-bond donors (Lipinski definition) is 0. The van der Waals surface area contributed by atoms with Crippen molar-refractivity contribution in [1.29, 1.82) is 0 Å². The molecule has 3 aromatic rings. The molecule has 0 heterocycles. The second-order valence-corrected chi connectivity index (χ2v) is 18.2. The first-order valence-corrected chi connectivity index (χ1v) is 15.2. The van der Waals surface area contributed by atoms with Gasteiger partial charge in [-0.3, -0.25) is 0 Å². The third-order valence-electron chi connectivity index (χ3n) is 4.15. The first-order chi connectivity index (χ1) is 12.1. The third kappa shape index (κ3) is 3.84. The van der Waals surface area contributed by atoms with Gasteiger partial charge in [0.05, 0.1) is 0 Å². The number of nitrogens with zero attached hydrogens (tertiary/aromatic N) is 1. The molecule has 0 aliphatic carbocycles. The van der Waals surface area contributed by atoms with E-state index < -0.39 is 12.1 Å². The molecule has 0 saturated carbocycles. The number of hydrogen-bond acceptors (Lipinski definition) is 2. The zero-order valence-corrected chi connectivity index (χ0v) is 18.2. The Labute approximate surface area is 161 Å². The van der Waals surface area contributed by atoms with Crippen molar-refractivity contribution in [1.82, 2.24) is 4.90 Å². The molecule has 0 bridgehead atoms. The van der Waals surface area contributed by atoms with Gasteiger partial charge in [-0.1, -0.05) is 0 Å². The molecule has 3 rings (SSSR count). The van der Waals surface area contributed by atoms with Gasteiger partial charge in [0.1, 0.15) is 0 Å². The van der Waals surface area contributed by atoms with E-state index in [0.717, 1.165) is 4.32 Å². The molecule has 1 nitrogen and oxygen atoms in total. The summed E-state index contributed by atoms with van der Waals surface area (Å²) in [5.41, 5.74) is 0. The molecule has 0 aromatic heterocycles. The molecule has 0 amide bonds. The topological polar surface area (TPSA) is 3.24 Å². The van der Waals surface area contributed by atoms with Crippen LogP contribution in [-0.2, 0) is 0 Å². The van der Waals surface area contributed by atoms with Crippen LogP contribution in [0.25, 0.3) is 0 Å². The molecule has 0 radical (unpaired) electrons. The maximum atomic E-state index is 5.76. The van der Waals surface area contributed by atoms with Crippen molar-refractivity contribution in [2.45, 2.75) is 0 Å². The Balaban J connectivity index is 2.29. The van der Waals surface area contributed by atoms with E-state index in [1.807, 2.05) is 24.2 Å². The van der Waals surface area contributed by atoms with Gasteiger partial charge in [-0.05, 0) is 0 Å². The van der Waals surface area contributed by atoms with E-state index in [9.17, 15) is 0 Å². The molecule has 0 N–H and O–H groups in total. The van der Waals surface area contributed by atoms with Crippen LogP contribution in [0, 0.1) is 0 Å². The normalized spacial score (nSPS) is 11.1. The van der Waals surface area contributed by atoms with Gasteiger partial charge in [0, 0.05) is 0 Å². The van der Waals surface area contributed by atoms with Gasteiger partial charge >= 0.3 is 162 Å². The third-order valence-corrected chi connectivity index (χ3v) is 20.6. The van der Waals surface area contributed by atoms with E-state index >= 15 is 0 Å². The van der Waals surface area contributed by atoms with Crippen LogP contribution in [0.4, 0.5) is 0 Å². The van der Waals surface area contributed by atoms with E-state index in [0.29, 0.717) is 0 Å². The summed E-state index contributed by atoms with van der Waals surface area (Å²) in [5, 5.41) is 0. The summed E-state index contributed by atoms with van der Waals surface area (Å²) in [4.78, 5) is 2.05. The molecule has 126 valence electrons. The summed E-state index contributed by atoms with van der Waals surface area (Å²) < 4.78 is 5.17. The van der Waals surface area contributed by atoms with Crippen LogP contribution in [-0.4, -0.2) is 35.4 Å². The molecule has 25 heavy (non-hydrogen) atoms. The standard InChI is InChI=1S/C21H21GeNS2/c1-23(2)21(24)25-22(18-12-6-3-7-13-18,19-14-8-4-9-15-19)20-16-10-5-11-17-20/h3-17H,1-2H3. The molecule has 0 spiro atoms. The molecule has 3 aromatic carbocycles. The van der Waals surface area contributed by atoms with Crippen molar-refractivity contribution >= 4 is 51.9 Å². The minimum absolute atomic E-state index is 0.941. The fourth-order valence-corrected chi connectivity index (χ4v) is 19.1. The van der Waals surface area contributed by atoms with Crippen molar-refractivity contribution in [3.8, 4) is 0 Å². The Kier molecular flexibility index (Phi) is 5.99. The average Bonchev–Trinajstić information content (AvgIpc) is 2.68. The Morgan fingerprint density at radius 1 is 0.680 bits per heavy atom. The fraction of sp³-hybridized carbons (Fsp3) is 0.0952. The van der Waals surface area contributed by atoms with E-state index in [-0.39, 0.29) is 0 Å². The predicted molar refractivity (Wildman–Crippen MR) is 118 cm³/mol. The summed E-state index contributed by atoms with van der Waals surface area (Å²) in [5.74, 6) is 0. The Bertz CT molecular complexity index is 724. The SMILES string of the molecule is CN(C)C(=S)[S][Ge]([c]1ccccc1)([c]1ccccc1)[c]1ccccc1. The maximum absolute atomic E-state index is 5.76. The van der Waals surface area contributed by atoms with Crippen molar-refractivity contribution in [3.05, 3.63) is 91.0 Å². The number of benzene rings is 3. The van der Waals surface area contributed by atoms with Crippen LogP contribution in [0.15, 0.2) is 91.0 Å². The zero-order chi connectivity index (χ0) is 17.7. The van der Waals surface area contributed by atoms with Gasteiger partial charge in [0.15, 0.2) is 0 Å². The molecule has 0 atom stereocenters. The van der Waals surface area contributed by atoms with E-state index in [2.05, 4.69) is 95.9 Å². The Morgan fingerprint density at radius 3 is 1.28 bits per heavy atom. The first-order valence-electron chi connectivity index (χ1n) is 8.21. The van der Waals surface area contributed by atoms with Crippen molar-refractivity contribution in [2.24, 2.45) is 0 Å². The Hall–Kier alpha value is -1.56. The summed E-state index contributed by atoms with van der Waals surface area (Å²) in [6.45, 7) is 0. The van der Waals surface area contributed by atoms with Gasteiger partial charge in [-0.2, -0.15) is 0 Å². The summed E-state index contributed by atoms with van der Waals surface area (Å²) in [6.07, 6.45) is 0. The van der Waals surface area contributed by atoms with E-state index in [1.165, 1.54) is 13.2 Å². The van der Waals surface area contributed by atoms with Crippen LogP contribution in [0.2, 0.25) is 0 Å². The zero-order valence-electron chi connectivity index (χ0n) is 14.4. The van der Waals surface area contributed by atoms with E-state index in [4.69, 9.17) is 12.2 Å². The molecule has 0 aliphatic rings. The van der Waals surface area contributed by atoms with Gasteiger partial charge in [0.25, 0.3) is 0 Å². The molecule has 0 saturated heterocycles. The Morgan fingerprint density at radius 2 is 1.00 bits per heavy atom. The summed E-state index contributed by atoms with van der Waals surface area (Å²) in [6, 6.07) is 32.7. The second-order valence-electron chi connectivity index (χ2n) is 6.04. The molecule has 0 unspecified atom stereocenters. The predicted octanol–water partition coefficient (Wildman–Crippen LogP) is 3.23. The quantitative estimate of drug-likeness (QED) is 0.468. The number of thiocarbonyl (C=S) groups is 1. The van der Waals surface area contributed by atoms with Gasteiger partial charge < -0.3 is 0 Å². The van der Waals surface area contributed by atoms with E-state index in [1.54, 1.807) is 0 Å². The minimum atomic E-state index is -2.99. The monoisotopic (exact) mass is 425 g/mol. The summed E-state index contributed by atoms with van der Waals surface area (Å²) in [7, 11) is 5.97. The van der Waals surface area contributed by atoms with Crippen molar-refractivity contribution in [3.63, 3.8) is 0 Å². The molecular weight excluding hydrogens is 403 g/mol. The molecule has 4 heteroatoms. The van der Waals surface area contributed by atoms with Crippen LogP contribution in [0.1, 0.15) is 0 Å². The van der Waals surface area contributed by atoms with Crippen LogP contribution < -0.4 is 13.2 Å². The van der Waals surface area contributed by atoms with Crippen molar-refractivity contribution in [2.75, 3.05) is 14.1 Å². The van der Waals surface area contributed by atoms with Gasteiger partial charge in [0.2, 0.25) is 0 Å². The van der Waals surface area contributed by atoms with Gasteiger partial charge in [-0.15, -0.1) is 0 Å². The van der Waals surface area contributed by atoms with Crippen molar-refractivity contribution < 1.29 is 0 Å². The fourth-order valence-electron chi connectivity index (χ4n) is 2.92. The molecule has 0 fully saturated rings.